The summed E-state index contributed by atoms with van der Waals surface area (Å²) in [6.07, 6.45) is 5.78. The van der Waals surface area contributed by atoms with Crippen LogP contribution in [-0.4, -0.2) is 69.6 Å². The highest BCUT2D eigenvalue weighted by Crippen LogP contribution is 2.27. The zero-order valence-corrected chi connectivity index (χ0v) is 22.3. The van der Waals surface area contributed by atoms with Gasteiger partial charge in [0.1, 0.15) is 18.4 Å². The SMILES string of the molecule is CC1=C\[C@@H](O)C[C@@H](O)Cc2nc(co2)C(=O)N[C@@H]2CS/C(=C\[C@@H](C)[C@@H](C(C)C)OC2=O)C(=O)NC\C=C\1. The van der Waals surface area contributed by atoms with E-state index in [4.69, 9.17) is 9.15 Å². The third-order valence-electron chi connectivity index (χ3n) is 5.99. The Kier molecular flexibility index (Phi) is 10.1. The quantitative estimate of drug-likeness (QED) is 0.397. The number of nitrogens with one attached hydrogen (secondary N) is 2. The zero-order valence-electron chi connectivity index (χ0n) is 21.5. The van der Waals surface area contributed by atoms with E-state index in [1.807, 2.05) is 20.8 Å². The number of amides is 2. The van der Waals surface area contributed by atoms with E-state index in [0.29, 0.717) is 4.91 Å². The summed E-state index contributed by atoms with van der Waals surface area (Å²) in [5.74, 6) is -1.59. The summed E-state index contributed by atoms with van der Waals surface area (Å²) in [6, 6.07) is -1.03. The summed E-state index contributed by atoms with van der Waals surface area (Å²) in [5.41, 5.74) is 0.708. The van der Waals surface area contributed by atoms with Crippen molar-refractivity contribution in [2.45, 2.75) is 64.9 Å². The summed E-state index contributed by atoms with van der Waals surface area (Å²) >= 11 is 1.17. The molecular weight excluding hydrogens is 498 g/mol. The van der Waals surface area contributed by atoms with Crippen LogP contribution in [0.1, 0.15) is 50.5 Å². The highest BCUT2D eigenvalue weighted by molar-refractivity contribution is 8.04. The fourth-order valence-corrected chi connectivity index (χ4v) is 5.23. The lowest BCUT2D eigenvalue weighted by Crippen LogP contribution is -2.45. The average Bonchev–Trinajstić information content (AvgIpc) is 3.29. The second kappa shape index (κ2) is 13.1. The maximum Gasteiger partial charge on any atom is 0.329 e. The topological polar surface area (TPSA) is 151 Å². The predicted octanol–water partition coefficient (Wildman–Crippen LogP) is 1.89. The zero-order chi connectivity index (χ0) is 27.1. The van der Waals surface area contributed by atoms with Crippen LogP contribution in [0.5, 0.6) is 0 Å². The standard InChI is InChI=1S/C26H35N3O7S/c1-14(2)23-16(4)9-21-25(33)27-7-5-6-15(3)8-17(30)10-18(31)11-22-28-19(12-35-22)24(32)29-20(13-37-21)26(34)36-23/h5-6,8-9,12,14,16-18,20,23,30-31H,7,10-11,13H2,1-4H3,(H,27,33)(H,29,32)/b6-5+,15-8+,21-9-/t16-,17-,18-,20-,23-/m1/s1. The number of hydrogen-bond acceptors (Lipinski definition) is 9. The van der Waals surface area contributed by atoms with Crippen LogP contribution in [0, 0.1) is 11.8 Å². The van der Waals surface area contributed by atoms with E-state index in [1.54, 1.807) is 31.2 Å². The molecule has 4 bridgehead atoms. The lowest BCUT2D eigenvalue weighted by atomic mass is 9.94. The van der Waals surface area contributed by atoms with Crippen LogP contribution in [0.25, 0.3) is 0 Å². The Morgan fingerprint density at radius 1 is 1.16 bits per heavy atom. The number of fused-ring (bicyclic) bond motifs is 5. The number of allylic oxidation sites excluding steroid dienone is 2. The summed E-state index contributed by atoms with van der Waals surface area (Å²) < 4.78 is 11.1. The molecule has 5 atom stereocenters. The minimum absolute atomic E-state index is 0.00251. The van der Waals surface area contributed by atoms with Crippen molar-refractivity contribution < 1.29 is 33.8 Å². The second-order valence-corrected chi connectivity index (χ2v) is 10.7. The van der Waals surface area contributed by atoms with E-state index < -0.39 is 36.2 Å². The number of aliphatic hydroxyl groups is 2. The van der Waals surface area contributed by atoms with Gasteiger partial charge in [0, 0.05) is 24.6 Å². The van der Waals surface area contributed by atoms with Gasteiger partial charge < -0.3 is 30.0 Å². The Labute approximate surface area is 220 Å². The van der Waals surface area contributed by atoms with Gasteiger partial charge in [-0.2, -0.15) is 0 Å². The highest BCUT2D eigenvalue weighted by Gasteiger charge is 2.33. The summed E-state index contributed by atoms with van der Waals surface area (Å²) in [5, 5.41) is 26.1. The van der Waals surface area contributed by atoms with E-state index in [2.05, 4.69) is 15.6 Å². The van der Waals surface area contributed by atoms with Crippen molar-refractivity contribution in [3.05, 3.63) is 52.6 Å². The Bertz CT molecular complexity index is 1080. The smallest absolute Gasteiger partial charge is 0.329 e. The maximum absolute atomic E-state index is 13.0. The number of oxazole rings is 1. The van der Waals surface area contributed by atoms with Crippen molar-refractivity contribution >= 4 is 29.5 Å². The number of nitrogens with zero attached hydrogens (tertiary/aromatic N) is 1. The number of aliphatic hydroxyl groups excluding tert-OH is 2. The van der Waals surface area contributed by atoms with E-state index in [9.17, 15) is 24.6 Å². The first kappa shape index (κ1) is 28.7. The Balaban J connectivity index is 1.93. The molecule has 2 amide bonds. The van der Waals surface area contributed by atoms with E-state index >= 15 is 0 Å². The van der Waals surface area contributed by atoms with Crippen LogP contribution in [0.2, 0.25) is 0 Å². The van der Waals surface area contributed by atoms with Crippen LogP contribution in [-0.2, 0) is 20.7 Å². The van der Waals surface area contributed by atoms with Crippen LogP contribution in [0.15, 0.2) is 45.5 Å². The number of rotatable bonds is 1. The van der Waals surface area contributed by atoms with E-state index in [-0.39, 0.29) is 54.5 Å². The van der Waals surface area contributed by atoms with E-state index in [1.165, 1.54) is 11.8 Å². The molecule has 0 unspecified atom stereocenters. The number of cyclic esters (lactones) is 1. The molecule has 1 aromatic rings. The molecule has 1 aromatic heterocycles. The third kappa shape index (κ3) is 8.31. The van der Waals surface area contributed by atoms with Gasteiger partial charge in [0.25, 0.3) is 11.8 Å². The van der Waals surface area contributed by atoms with Crippen molar-refractivity contribution in [3.63, 3.8) is 0 Å². The van der Waals surface area contributed by atoms with Crippen LogP contribution >= 0.6 is 11.8 Å². The summed E-state index contributed by atoms with van der Waals surface area (Å²) in [6.45, 7) is 7.80. The fraction of sp³-hybridized carbons (Fsp3) is 0.538. The van der Waals surface area contributed by atoms with Gasteiger partial charge in [-0.15, -0.1) is 11.8 Å². The number of thioether (sulfide) groups is 1. The fourth-order valence-electron chi connectivity index (χ4n) is 4.15. The molecule has 0 saturated carbocycles. The van der Waals surface area contributed by atoms with Gasteiger partial charge in [0.15, 0.2) is 11.6 Å². The van der Waals surface area contributed by atoms with Crippen molar-refractivity contribution in [2.24, 2.45) is 11.8 Å². The molecule has 37 heavy (non-hydrogen) atoms. The van der Waals surface area contributed by atoms with Crippen LogP contribution in [0.4, 0.5) is 0 Å². The number of esters is 1. The molecule has 0 aliphatic carbocycles. The van der Waals surface area contributed by atoms with Gasteiger partial charge in [-0.25, -0.2) is 9.78 Å². The van der Waals surface area contributed by atoms with Crippen molar-refractivity contribution in [1.82, 2.24) is 15.6 Å². The molecular formula is C26H35N3O7S. The Morgan fingerprint density at radius 3 is 2.65 bits per heavy atom. The summed E-state index contributed by atoms with van der Waals surface area (Å²) in [4.78, 5) is 43.5. The predicted molar refractivity (Wildman–Crippen MR) is 138 cm³/mol. The monoisotopic (exact) mass is 533 g/mol. The molecule has 3 rings (SSSR count). The Morgan fingerprint density at radius 2 is 1.92 bits per heavy atom. The molecule has 2 aliphatic rings. The number of hydrogen-bond donors (Lipinski definition) is 4. The van der Waals surface area contributed by atoms with Crippen molar-refractivity contribution in [2.75, 3.05) is 12.3 Å². The lowest BCUT2D eigenvalue weighted by Gasteiger charge is -2.26. The number of carbonyl (C=O) groups is 3. The van der Waals surface area contributed by atoms with E-state index in [0.717, 1.165) is 11.8 Å². The van der Waals surface area contributed by atoms with Gasteiger partial charge in [0.2, 0.25) is 0 Å². The molecule has 11 heteroatoms. The van der Waals surface area contributed by atoms with Gasteiger partial charge in [-0.05, 0) is 12.8 Å². The molecule has 0 aromatic carbocycles. The largest absolute Gasteiger partial charge is 0.460 e. The summed E-state index contributed by atoms with van der Waals surface area (Å²) in [7, 11) is 0. The first-order valence-electron chi connectivity index (χ1n) is 12.3. The number of carbonyl (C=O) groups excluding carboxylic acids is 3. The van der Waals surface area contributed by atoms with Crippen molar-refractivity contribution in [1.29, 1.82) is 0 Å². The average molecular weight is 534 g/mol. The molecule has 10 nitrogen and oxygen atoms in total. The molecule has 0 spiro atoms. The third-order valence-corrected chi connectivity index (χ3v) is 7.12. The van der Waals surface area contributed by atoms with Crippen molar-refractivity contribution in [3.8, 4) is 0 Å². The van der Waals surface area contributed by atoms with Crippen LogP contribution < -0.4 is 10.6 Å². The first-order valence-corrected chi connectivity index (χ1v) is 13.3. The highest BCUT2D eigenvalue weighted by atomic mass is 32.2. The Hall–Kier alpha value is -2.89. The first-order chi connectivity index (χ1) is 17.5. The molecule has 0 fully saturated rings. The minimum Gasteiger partial charge on any atom is -0.460 e. The number of ether oxygens (including phenoxy) is 1. The van der Waals surface area contributed by atoms with Gasteiger partial charge in [0.05, 0.1) is 23.5 Å². The minimum atomic E-state index is -1.03. The van der Waals surface area contributed by atoms with Gasteiger partial charge in [-0.3, -0.25) is 9.59 Å². The normalized spacial score (nSPS) is 32.4. The van der Waals surface area contributed by atoms with Gasteiger partial charge in [-0.1, -0.05) is 50.6 Å². The molecule has 4 N–H and O–H groups in total. The molecule has 0 saturated heterocycles. The number of aromatic nitrogens is 1. The maximum atomic E-state index is 13.0. The molecule has 2 aliphatic heterocycles. The molecule has 3 heterocycles. The second-order valence-electron chi connectivity index (χ2n) is 9.68. The van der Waals surface area contributed by atoms with Crippen LogP contribution in [0.3, 0.4) is 0 Å². The van der Waals surface area contributed by atoms with Gasteiger partial charge >= 0.3 is 5.97 Å². The molecule has 202 valence electrons. The molecule has 0 radical (unpaired) electrons. The lowest BCUT2D eigenvalue weighted by molar-refractivity contribution is -0.155.